The van der Waals surface area contributed by atoms with Crippen LogP contribution in [0, 0.1) is 11.6 Å². The van der Waals surface area contributed by atoms with Gasteiger partial charge in [-0.3, -0.25) is 14.3 Å². The van der Waals surface area contributed by atoms with Crippen LogP contribution in [-0.2, 0) is 23.1 Å². The van der Waals surface area contributed by atoms with E-state index >= 15 is 0 Å². The Kier molecular flexibility index (Phi) is 4.52. The fraction of sp³-hybridized carbons (Fsp3) is 0.353. The highest BCUT2D eigenvalue weighted by molar-refractivity contribution is 6.39. The van der Waals surface area contributed by atoms with E-state index in [0.717, 1.165) is 5.69 Å². The molecule has 25 heavy (non-hydrogen) atoms. The Morgan fingerprint density at radius 3 is 2.56 bits per heavy atom. The summed E-state index contributed by atoms with van der Waals surface area (Å²) >= 11 is 0. The van der Waals surface area contributed by atoms with Crippen molar-refractivity contribution in [2.24, 2.45) is 7.05 Å². The predicted molar refractivity (Wildman–Crippen MR) is 86.9 cm³/mol. The lowest BCUT2D eigenvalue weighted by Crippen LogP contribution is -2.37. The number of benzene rings is 1. The van der Waals surface area contributed by atoms with E-state index in [1.54, 1.807) is 13.1 Å². The first-order valence-electron chi connectivity index (χ1n) is 7.99. The van der Waals surface area contributed by atoms with Crippen molar-refractivity contribution in [3.8, 4) is 0 Å². The van der Waals surface area contributed by atoms with Gasteiger partial charge in [-0.05, 0) is 25.0 Å². The first-order valence-corrected chi connectivity index (χ1v) is 7.99. The molecule has 2 N–H and O–H groups in total. The quantitative estimate of drug-likeness (QED) is 0.829. The van der Waals surface area contributed by atoms with Gasteiger partial charge in [-0.25, -0.2) is 8.78 Å². The number of hydrogen-bond acceptors (Lipinski definition) is 3. The molecule has 1 aliphatic carbocycles. The molecule has 0 saturated heterocycles. The van der Waals surface area contributed by atoms with E-state index in [1.165, 1.54) is 22.9 Å². The second-order valence-electron chi connectivity index (χ2n) is 6.01. The molecule has 8 heteroatoms. The topological polar surface area (TPSA) is 76.0 Å². The third kappa shape index (κ3) is 3.52. The molecule has 0 spiro atoms. The van der Waals surface area contributed by atoms with E-state index in [-0.39, 0.29) is 5.56 Å². The van der Waals surface area contributed by atoms with E-state index in [2.05, 4.69) is 15.7 Å². The molecule has 1 saturated carbocycles. The Morgan fingerprint density at radius 1 is 1.28 bits per heavy atom. The van der Waals surface area contributed by atoms with Crippen LogP contribution in [0.3, 0.4) is 0 Å². The number of carbonyl (C=O) groups is 2. The average molecular weight is 348 g/mol. The zero-order valence-electron chi connectivity index (χ0n) is 13.8. The number of aromatic nitrogens is 2. The summed E-state index contributed by atoms with van der Waals surface area (Å²) in [4.78, 5) is 24.0. The molecule has 0 aliphatic heterocycles. The lowest BCUT2D eigenvalue weighted by molar-refractivity contribution is -0.136. The van der Waals surface area contributed by atoms with E-state index in [1.807, 2.05) is 6.92 Å². The van der Waals surface area contributed by atoms with Crippen LogP contribution in [-0.4, -0.2) is 27.6 Å². The van der Waals surface area contributed by atoms with E-state index < -0.39 is 35.4 Å². The van der Waals surface area contributed by atoms with Crippen molar-refractivity contribution in [3.05, 3.63) is 47.2 Å². The van der Waals surface area contributed by atoms with Crippen molar-refractivity contribution in [2.75, 3.05) is 5.32 Å². The van der Waals surface area contributed by atoms with Gasteiger partial charge in [0.25, 0.3) is 0 Å². The molecular weight excluding hydrogens is 330 g/mol. The van der Waals surface area contributed by atoms with Crippen molar-refractivity contribution in [2.45, 2.75) is 31.7 Å². The molecule has 0 radical (unpaired) electrons. The van der Waals surface area contributed by atoms with Gasteiger partial charge in [-0.2, -0.15) is 5.10 Å². The minimum absolute atomic E-state index is 0.0487. The molecule has 2 amide bonds. The highest BCUT2D eigenvalue weighted by Crippen LogP contribution is 2.43. The van der Waals surface area contributed by atoms with E-state index in [0.29, 0.717) is 18.7 Å². The number of rotatable bonds is 4. The maximum atomic E-state index is 13.7. The second kappa shape index (κ2) is 6.62. The van der Waals surface area contributed by atoms with Crippen LogP contribution in [0.1, 0.15) is 30.5 Å². The van der Waals surface area contributed by atoms with Crippen LogP contribution >= 0.6 is 0 Å². The van der Waals surface area contributed by atoms with Gasteiger partial charge >= 0.3 is 11.8 Å². The van der Waals surface area contributed by atoms with E-state index in [4.69, 9.17) is 0 Å². The standard InChI is InChI=1S/C17H18F2N4O2/c1-3-9-7-14(23(2)22-9)21-17(25)16(24)20-13-8-10(13)15-11(18)5-4-6-12(15)19/h4-7,10,13H,3,8H2,1-2H3,(H,20,24)(H,21,25)/t10-,13-/m0/s1. The largest absolute Gasteiger partial charge is 0.344 e. The molecule has 1 heterocycles. The first-order chi connectivity index (χ1) is 11.9. The third-order valence-electron chi connectivity index (χ3n) is 4.22. The van der Waals surface area contributed by atoms with Crippen LogP contribution in [0.5, 0.6) is 0 Å². The maximum absolute atomic E-state index is 13.7. The smallest absolute Gasteiger partial charge is 0.314 e. The highest BCUT2D eigenvalue weighted by Gasteiger charge is 2.43. The van der Waals surface area contributed by atoms with Gasteiger partial charge in [0.2, 0.25) is 0 Å². The first kappa shape index (κ1) is 17.1. The molecule has 3 rings (SSSR count). The maximum Gasteiger partial charge on any atom is 0.314 e. The minimum Gasteiger partial charge on any atom is -0.344 e. The molecule has 1 fully saturated rings. The Morgan fingerprint density at radius 2 is 1.96 bits per heavy atom. The number of halogens is 2. The van der Waals surface area contributed by atoms with Crippen molar-refractivity contribution >= 4 is 17.6 Å². The summed E-state index contributed by atoms with van der Waals surface area (Å²) in [6, 6.07) is 4.87. The van der Waals surface area contributed by atoms with Gasteiger partial charge in [-0.15, -0.1) is 0 Å². The lowest BCUT2D eigenvalue weighted by Gasteiger charge is -2.07. The van der Waals surface area contributed by atoms with Crippen molar-refractivity contribution in [3.63, 3.8) is 0 Å². The van der Waals surface area contributed by atoms with Gasteiger partial charge in [0.05, 0.1) is 5.69 Å². The molecule has 1 aromatic heterocycles. The van der Waals surface area contributed by atoms with Crippen molar-refractivity contribution < 1.29 is 18.4 Å². The fourth-order valence-electron chi connectivity index (χ4n) is 2.76. The summed E-state index contributed by atoms with van der Waals surface area (Å²) in [6.07, 6.45) is 1.09. The lowest BCUT2D eigenvalue weighted by atomic mass is 10.1. The Bertz CT molecular complexity index is 814. The number of aryl methyl sites for hydroxylation is 2. The van der Waals surface area contributed by atoms with Gasteiger partial charge in [0.1, 0.15) is 17.5 Å². The summed E-state index contributed by atoms with van der Waals surface area (Å²) in [5.74, 6) is -3.03. The number of carbonyl (C=O) groups excluding carboxylic acids is 2. The minimum atomic E-state index is -0.844. The molecule has 0 unspecified atom stereocenters. The number of nitrogens with zero attached hydrogens (tertiary/aromatic N) is 2. The third-order valence-corrected chi connectivity index (χ3v) is 4.22. The van der Waals surface area contributed by atoms with Gasteiger partial charge in [0, 0.05) is 30.6 Å². The number of hydrogen-bond donors (Lipinski definition) is 2. The second-order valence-corrected chi connectivity index (χ2v) is 6.01. The Hall–Kier alpha value is -2.77. The molecule has 2 aromatic rings. The normalized spacial score (nSPS) is 18.7. The van der Waals surface area contributed by atoms with Crippen LogP contribution in [0.2, 0.25) is 0 Å². The van der Waals surface area contributed by atoms with E-state index in [9.17, 15) is 18.4 Å². The van der Waals surface area contributed by atoms with Crippen LogP contribution < -0.4 is 10.6 Å². The Balaban J connectivity index is 1.60. The van der Waals surface area contributed by atoms with Crippen molar-refractivity contribution in [1.82, 2.24) is 15.1 Å². The molecule has 6 nitrogen and oxygen atoms in total. The SMILES string of the molecule is CCc1cc(NC(=O)C(=O)N[C@H]2C[C@@H]2c2c(F)cccc2F)n(C)n1. The number of nitrogens with one attached hydrogen (secondary N) is 2. The summed E-state index contributed by atoms with van der Waals surface area (Å²) in [5.41, 5.74) is 0.739. The monoisotopic (exact) mass is 348 g/mol. The molecule has 2 atom stereocenters. The number of amides is 2. The predicted octanol–water partition coefficient (Wildman–Crippen LogP) is 1.87. The van der Waals surface area contributed by atoms with Crippen LogP contribution in [0.25, 0.3) is 0 Å². The summed E-state index contributed by atoms with van der Waals surface area (Å²) in [7, 11) is 1.66. The zero-order valence-corrected chi connectivity index (χ0v) is 13.8. The highest BCUT2D eigenvalue weighted by atomic mass is 19.1. The zero-order chi connectivity index (χ0) is 18.1. The van der Waals surface area contributed by atoms with Crippen LogP contribution in [0.4, 0.5) is 14.6 Å². The van der Waals surface area contributed by atoms with Gasteiger partial charge in [0.15, 0.2) is 0 Å². The molecule has 0 bridgehead atoms. The molecule has 1 aromatic carbocycles. The molecule has 1 aliphatic rings. The van der Waals surface area contributed by atoms with Gasteiger partial charge < -0.3 is 10.6 Å². The Labute approximate surface area is 143 Å². The van der Waals surface area contributed by atoms with Crippen LogP contribution in [0.15, 0.2) is 24.3 Å². The molecular formula is C17H18F2N4O2. The summed E-state index contributed by atoms with van der Waals surface area (Å²) < 4.78 is 28.9. The number of anilines is 1. The van der Waals surface area contributed by atoms with Crippen molar-refractivity contribution in [1.29, 1.82) is 0 Å². The molecule has 132 valence electrons. The van der Waals surface area contributed by atoms with Gasteiger partial charge in [-0.1, -0.05) is 13.0 Å². The fourth-order valence-corrected chi connectivity index (χ4v) is 2.76. The summed E-state index contributed by atoms with van der Waals surface area (Å²) in [5, 5.41) is 9.15. The summed E-state index contributed by atoms with van der Waals surface area (Å²) in [6.45, 7) is 1.93. The average Bonchev–Trinajstić information content (AvgIpc) is 3.21.